The number of anilines is 1. The summed E-state index contributed by atoms with van der Waals surface area (Å²) in [5.74, 6) is -4.44. The zero-order valence-electron chi connectivity index (χ0n) is 46.7. The number of benzene rings is 5. The van der Waals surface area contributed by atoms with Crippen molar-refractivity contribution < 1.29 is 52.2 Å². The molecule has 86 heavy (non-hydrogen) atoms. The quantitative estimate of drug-likeness (QED) is 0.0401. The second kappa shape index (κ2) is 23.7. The number of piperidine rings is 2. The minimum Gasteiger partial charge on any atom is -0.477 e. The third kappa shape index (κ3) is 11.0. The summed E-state index contributed by atoms with van der Waals surface area (Å²) in [6.07, 6.45) is 2.27. The van der Waals surface area contributed by atoms with Crippen LogP contribution in [0.15, 0.2) is 103 Å². The lowest BCUT2D eigenvalue weighted by Gasteiger charge is -2.42. The second-order valence-electron chi connectivity index (χ2n) is 21.9. The van der Waals surface area contributed by atoms with Crippen molar-refractivity contribution in [1.82, 2.24) is 55.4 Å². The number of carbonyl (C=O) groups excluding carboxylic acids is 8. The van der Waals surface area contributed by atoms with Gasteiger partial charge in [-0.15, -0.1) is 21.0 Å². The van der Waals surface area contributed by atoms with Crippen LogP contribution in [-0.2, 0) is 49.6 Å². The Morgan fingerprint density at radius 3 is 2.36 bits per heavy atom. The predicted octanol–water partition coefficient (Wildman–Crippen LogP) is 5.96. The molecule has 0 radical (unpaired) electrons. The smallest absolute Gasteiger partial charge is 0.340 e. The van der Waals surface area contributed by atoms with Crippen molar-refractivity contribution in [3.8, 4) is 27.4 Å². The van der Waals surface area contributed by atoms with Crippen molar-refractivity contribution in [2.45, 2.75) is 68.9 Å². The van der Waals surface area contributed by atoms with E-state index in [1.54, 1.807) is 64.3 Å². The number of quaternary nitrogens is 1. The maximum atomic E-state index is 16.4. The van der Waals surface area contributed by atoms with Gasteiger partial charge in [-0.1, -0.05) is 64.9 Å². The highest BCUT2D eigenvalue weighted by Crippen LogP contribution is 2.44. The SMILES string of the molecule is COC(=O)CNC(=O)CNC(=O)Cn1nc2c3c(cccc31)-c1cc3c(cnn3[N+]3(C(=O)CCC(=O)NCCNC(=O)C4(Oc5ccccc5-c5nc6cccc(Cl)c6s5)CCN(C(=O)[C@H]5CC(=O)Nc6ccccc65)CC4)CCC2CC3)cc1F. The molecule has 0 aliphatic carbocycles. The number of para-hydroxylation sites is 2. The Morgan fingerprint density at radius 1 is 0.814 bits per heavy atom. The molecule has 5 N–H and O–H groups in total. The number of hydrogen-bond acceptors (Lipinski definition) is 14. The molecule has 4 bridgehead atoms. The van der Waals surface area contributed by atoms with Crippen LogP contribution in [-0.4, -0.2) is 142 Å². The summed E-state index contributed by atoms with van der Waals surface area (Å²) < 4.78 is 29.8. The minimum absolute atomic E-state index is 0.00352. The summed E-state index contributed by atoms with van der Waals surface area (Å²) in [4.78, 5) is 115. The van der Waals surface area contributed by atoms with Gasteiger partial charge in [0.1, 0.15) is 48.3 Å². The van der Waals surface area contributed by atoms with Crippen molar-refractivity contribution >= 4 is 108 Å². The molecule has 8 aromatic rings. The highest BCUT2D eigenvalue weighted by atomic mass is 35.5. The van der Waals surface area contributed by atoms with Crippen LogP contribution in [0, 0.1) is 5.82 Å². The Kier molecular flexibility index (Phi) is 15.8. The molecular formula is C61H59ClFN12O10S+. The van der Waals surface area contributed by atoms with Crippen LogP contribution in [0.5, 0.6) is 5.75 Å². The van der Waals surface area contributed by atoms with E-state index in [-0.39, 0.29) is 118 Å². The number of aromatic nitrogens is 5. The first-order valence-corrected chi connectivity index (χ1v) is 29.6. The van der Waals surface area contributed by atoms with Crippen LogP contribution in [0.1, 0.15) is 68.0 Å². The van der Waals surface area contributed by atoms with Crippen LogP contribution in [0.2, 0.25) is 5.02 Å². The highest BCUT2D eigenvalue weighted by molar-refractivity contribution is 7.22. The van der Waals surface area contributed by atoms with Gasteiger partial charge in [-0.2, -0.15) is 5.10 Å². The largest absolute Gasteiger partial charge is 0.477 e. The molecule has 8 heterocycles. The Balaban J connectivity index is 0.723. The molecule has 0 spiro atoms. The van der Waals surface area contributed by atoms with E-state index in [0.29, 0.717) is 78.5 Å². The first kappa shape index (κ1) is 57.3. The number of esters is 1. The Labute approximate surface area is 499 Å². The number of nitrogens with zero attached hydrogens (tertiary/aromatic N) is 7. The average molecular weight is 1210 g/mol. The summed E-state index contributed by atoms with van der Waals surface area (Å²) in [7, 11) is 1.19. The zero-order chi connectivity index (χ0) is 59.9. The number of carbonyl (C=O) groups is 8. The van der Waals surface area contributed by atoms with Crippen molar-refractivity contribution in [2.75, 3.05) is 64.8 Å². The molecule has 442 valence electrons. The first-order chi connectivity index (χ1) is 41.6. The number of thiazole rings is 1. The van der Waals surface area contributed by atoms with Crippen LogP contribution >= 0.6 is 22.9 Å². The average Bonchev–Trinajstić information content (AvgIpc) is 2.00. The van der Waals surface area contributed by atoms with Crippen molar-refractivity contribution in [1.29, 1.82) is 0 Å². The van der Waals surface area contributed by atoms with E-state index in [4.69, 9.17) is 31.5 Å². The zero-order valence-corrected chi connectivity index (χ0v) is 48.2. The monoisotopic (exact) mass is 1210 g/mol. The maximum absolute atomic E-state index is 16.4. The molecule has 3 aromatic heterocycles. The molecule has 2 saturated heterocycles. The van der Waals surface area contributed by atoms with E-state index in [1.807, 2.05) is 36.4 Å². The predicted molar refractivity (Wildman–Crippen MR) is 318 cm³/mol. The first-order valence-electron chi connectivity index (χ1n) is 28.4. The third-order valence-corrected chi connectivity index (χ3v) is 18.3. The van der Waals surface area contributed by atoms with Crippen LogP contribution in [0.3, 0.4) is 0 Å². The van der Waals surface area contributed by atoms with Gasteiger partial charge in [0.05, 0.1) is 64.2 Å². The number of rotatable bonds is 17. The molecule has 7 amide bonds. The molecule has 1 atom stereocenters. The van der Waals surface area contributed by atoms with Gasteiger partial charge in [-0.05, 0) is 59.7 Å². The molecule has 13 rings (SSSR count). The lowest BCUT2D eigenvalue weighted by Crippen LogP contribution is -2.65. The van der Waals surface area contributed by atoms with Crippen LogP contribution < -0.4 is 35.9 Å². The maximum Gasteiger partial charge on any atom is 0.340 e. The van der Waals surface area contributed by atoms with E-state index in [1.165, 1.54) is 35.4 Å². The molecule has 0 unspecified atom stereocenters. The summed E-state index contributed by atoms with van der Waals surface area (Å²) in [6.45, 7) is -0.171. The molecule has 22 nitrogen and oxygen atoms in total. The van der Waals surface area contributed by atoms with Crippen molar-refractivity contribution in [3.05, 3.63) is 125 Å². The van der Waals surface area contributed by atoms with E-state index in [0.717, 1.165) is 10.3 Å². The molecule has 5 aliphatic heterocycles. The van der Waals surface area contributed by atoms with Gasteiger partial charge in [-0.3, -0.25) is 38.2 Å². The number of nitrogens with one attached hydrogen (secondary N) is 5. The fourth-order valence-electron chi connectivity index (χ4n) is 12.3. The number of hydrogen-bond donors (Lipinski definition) is 5. The molecule has 5 aromatic carbocycles. The fraction of sp³-hybridized carbons (Fsp3) is 0.328. The number of halogens is 2. The number of amides is 7. The Morgan fingerprint density at radius 2 is 1.56 bits per heavy atom. The molecule has 25 heteroatoms. The Bertz CT molecular complexity index is 4070. The summed E-state index contributed by atoms with van der Waals surface area (Å²) in [5, 5.41) is 25.6. The number of fused-ring (bicyclic) bond motifs is 4. The topological polar surface area (TPSA) is 267 Å². The van der Waals surface area contributed by atoms with Crippen LogP contribution in [0.4, 0.5) is 10.1 Å². The standard InChI is InChI=1S/C61H58ClFN12O10S/c1-84-54(81)33-67-51(78)32-66-52(79)34-73-46-14-6-10-38-40-29-47-36(28-43(40)63)31-68-74(47)75(26-18-35(19-27-75)56(71-73)55(38)46)53(80)17-16-49(76)64-22-23-65-60(83)61(85-48-15-5-3-9-39(48)58-70-45-13-7-11-42(62)57(45)86-58)20-24-72(25-21-61)59(82)41-30-50(77)69-44-12-4-2-8-37(41)44/h2-15,28-29,31,35,41H,16-27,30,32-34H2,1H3,(H4-,64,65,66,67,69,76,77,78,79,83)/p+1/t35?,41-,75?/m0/s1. The van der Waals surface area contributed by atoms with Gasteiger partial charge >= 0.3 is 11.9 Å². The summed E-state index contributed by atoms with van der Waals surface area (Å²) >= 11 is 7.96. The second-order valence-corrected chi connectivity index (χ2v) is 23.3. The highest BCUT2D eigenvalue weighted by Gasteiger charge is 2.48. The van der Waals surface area contributed by atoms with E-state index >= 15 is 4.39 Å². The molecule has 0 saturated carbocycles. The third-order valence-electron chi connectivity index (χ3n) is 16.7. The van der Waals surface area contributed by atoms with Gasteiger partial charge < -0.3 is 41.0 Å². The normalized spacial score (nSPS) is 18.4. The molecule has 2 fully saturated rings. The number of likely N-dealkylation sites (tertiary alicyclic amines) is 1. The number of methoxy groups -OCH3 is 1. The van der Waals surface area contributed by atoms with Crippen molar-refractivity contribution in [3.63, 3.8) is 0 Å². The molecule has 5 aliphatic rings. The molecular weight excluding hydrogens is 1150 g/mol. The van der Waals surface area contributed by atoms with Gasteiger partial charge in [0, 0.05) is 92.6 Å². The lowest BCUT2D eigenvalue weighted by atomic mass is 9.86. The van der Waals surface area contributed by atoms with E-state index < -0.39 is 53.5 Å². The Hall–Kier alpha value is -9.13. The van der Waals surface area contributed by atoms with Gasteiger partial charge in [0.25, 0.3) is 5.91 Å². The van der Waals surface area contributed by atoms with E-state index in [2.05, 4.69) is 31.3 Å². The van der Waals surface area contributed by atoms with Gasteiger partial charge in [0.2, 0.25) is 29.5 Å². The number of ether oxygens (including phenoxy) is 2. The van der Waals surface area contributed by atoms with E-state index in [9.17, 15) is 38.4 Å². The lowest BCUT2D eigenvalue weighted by molar-refractivity contribution is -0.147. The van der Waals surface area contributed by atoms with Crippen molar-refractivity contribution in [2.24, 2.45) is 0 Å². The fourth-order valence-corrected chi connectivity index (χ4v) is 13.6. The van der Waals surface area contributed by atoms with Gasteiger partial charge in [-0.25, -0.2) is 14.2 Å². The summed E-state index contributed by atoms with van der Waals surface area (Å²) in [6, 6.07) is 28.4. The van der Waals surface area contributed by atoms with Crippen LogP contribution in [0.25, 0.3) is 53.7 Å². The minimum atomic E-state index is -1.48. The van der Waals surface area contributed by atoms with Gasteiger partial charge in [0.15, 0.2) is 5.60 Å². The summed E-state index contributed by atoms with van der Waals surface area (Å²) in [5.41, 5.74) is 3.70.